The molecule has 25 heavy (non-hydrogen) atoms. The van der Waals surface area contributed by atoms with Gasteiger partial charge >= 0.3 is 0 Å². The van der Waals surface area contributed by atoms with Gasteiger partial charge in [0.25, 0.3) is 5.91 Å². The van der Waals surface area contributed by atoms with Crippen LogP contribution in [-0.2, 0) is 0 Å². The number of likely N-dealkylation sites (N-methyl/N-ethyl adjacent to an activating group) is 1. The zero-order chi connectivity index (χ0) is 16.7. The van der Waals surface area contributed by atoms with Gasteiger partial charge in [0.15, 0.2) is 0 Å². The molecule has 0 radical (unpaired) electrons. The summed E-state index contributed by atoms with van der Waals surface area (Å²) in [6, 6.07) is 8.50. The number of carbonyl (C=O) groups excluding carboxylic acids is 1. The minimum absolute atomic E-state index is 0. The minimum atomic E-state index is 0. The molecular formula is C19H33Cl2N3O. The normalized spacial score (nSPS) is 16.1. The molecule has 1 N–H and O–H groups in total. The molecule has 6 heteroatoms. The second kappa shape index (κ2) is 12.4. The van der Waals surface area contributed by atoms with Crippen LogP contribution in [0.4, 0.5) is 5.69 Å². The van der Waals surface area contributed by atoms with Crippen LogP contribution in [0.25, 0.3) is 0 Å². The summed E-state index contributed by atoms with van der Waals surface area (Å²) in [5.41, 5.74) is 2.02. The maximum absolute atomic E-state index is 12.7. The number of unbranched alkanes of at least 4 members (excludes halogenated alkanes) is 1. The third-order valence-electron chi connectivity index (χ3n) is 4.72. The van der Waals surface area contributed by atoms with E-state index in [1.54, 1.807) is 0 Å². The Balaban J connectivity index is 0.00000288. The number of carbonyl (C=O) groups is 1. The van der Waals surface area contributed by atoms with Crippen LogP contribution in [0.15, 0.2) is 24.3 Å². The Morgan fingerprint density at radius 1 is 1.24 bits per heavy atom. The van der Waals surface area contributed by atoms with Crippen molar-refractivity contribution in [2.24, 2.45) is 0 Å². The molecule has 0 spiro atoms. The highest BCUT2D eigenvalue weighted by Crippen LogP contribution is 2.22. The van der Waals surface area contributed by atoms with E-state index in [1.807, 2.05) is 24.1 Å². The van der Waals surface area contributed by atoms with Crippen LogP contribution in [0.3, 0.4) is 0 Å². The number of hydrogen-bond acceptors (Lipinski definition) is 3. The molecule has 1 aromatic carbocycles. The first kappa shape index (κ1) is 24.0. The fourth-order valence-electron chi connectivity index (χ4n) is 3.35. The van der Waals surface area contributed by atoms with Gasteiger partial charge < -0.3 is 15.1 Å². The fraction of sp³-hybridized carbons (Fsp3) is 0.632. The molecule has 1 unspecified atom stereocenters. The summed E-state index contributed by atoms with van der Waals surface area (Å²) in [5, 5.41) is 3.20. The van der Waals surface area contributed by atoms with Crippen molar-refractivity contribution in [3.05, 3.63) is 29.8 Å². The van der Waals surface area contributed by atoms with Gasteiger partial charge in [0.1, 0.15) is 0 Å². The van der Waals surface area contributed by atoms with Gasteiger partial charge in [-0.25, -0.2) is 0 Å². The summed E-state index contributed by atoms with van der Waals surface area (Å²) >= 11 is 0. The number of nitrogens with zero attached hydrogens (tertiary/aromatic N) is 2. The third-order valence-corrected chi connectivity index (χ3v) is 4.72. The molecule has 0 saturated carbocycles. The van der Waals surface area contributed by atoms with Crippen molar-refractivity contribution in [1.29, 1.82) is 0 Å². The average molecular weight is 390 g/mol. The van der Waals surface area contributed by atoms with E-state index < -0.39 is 0 Å². The Kier molecular flexibility index (Phi) is 11.9. The van der Waals surface area contributed by atoms with E-state index in [0.29, 0.717) is 6.04 Å². The van der Waals surface area contributed by atoms with E-state index in [9.17, 15) is 4.79 Å². The van der Waals surface area contributed by atoms with Crippen LogP contribution in [0.2, 0.25) is 0 Å². The Bertz CT molecular complexity index is 496. The molecule has 4 nitrogen and oxygen atoms in total. The van der Waals surface area contributed by atoms with Crippen molar-refractivity contribution < 1.29 is 4.79 Å². The van der Waals surface area contributed by atoms with Crippen LogP contribution in [0, 0.1) is 0 Å². The lowest BCUT2D eigenvalue weighted by Gasteiger charge is -2.26. The molecule has 0 aromatic heterocycles. The smallest absolute Gasteiger partial charge is 0.254 e. The quantitative estimate of drug-likeness (QED) is 0.729. The van der Waals surface area contributed by atoms with E-state index in [-0.39, 0.29) is 30.7 Å². The van der Waals surface area contributed by atoms with Crippen molar-refractivity contribution in [2.75, 3.05) is 38.1 Å². The van der Waals surface area contributed by atoms with Gasteiger partial charge in [-0.2, -0.15) is 0 Å². The van der Waals surface area contributed by atoms with Gasteiger partial charge in [-0.1, -0.05) is 13.3 Å². The number of hydrogen-bond donors (Lipinski definition) is 1. The number of benzene rings is 1. The third kappa shape index (κ3) is 6.36. The number of nitrogens with one attached hydrogen (secondary N) is 1. The lowest BCUT2D eigenvalue weighted by atomic mass is 10.1. The van der Waals surface area contributed by atoms with E-state index in [0.717, 1.165) is 44.6 Å². The molecule has 1 fully saturated rings. The second-order valence-corrected chi connectivity index (χ2v) is 6.33. The van der Waals surface area contributed by atoms with Gasteiger partial charge in [-0.15, -0.1) is 24.8 Å². The van der Waals surface area contributed by atoms with Gasteiger partial charge in [-0.3, -0.25) is 4.79 Å². The van der Waals surface area contributed by atoms with Crippen molar-refractivity contribution >= 4 is 36.4 Å². The van der Waals surface area contributed by atoms with E-state index in [2.05, 4.69) is 36.2 Å². The molecule has 1 atom stereocenters. The largest absolute Gasteiger partial charge is 0.372 e. The highest BCUT2D eigenvalue weighted by atomic mass is 35.5. The van der Waals surface area contributed by atoms with Crippen molar-refractivity contribution in [1.82, 2.24) is 10.2 Å². The van der Waals surface area contributed by atoms with Crippen LogP contribution >= 0.6 is 24.8 Å². The molecular weight excluding hydrogens is 357 g/mol. The van der Waals surface area contributed by atoms with Crippen molar-refractivity contribution in [3.63, 3.8) is 0 Å². The molecule has 0 bridgehead atoms. The Labute approximate surface area is 165 Å². The summed E-state index contributed by atoms with van der Waals surface area (Å²) in [5.74, 6) is 0.172. The maximum Gasteiger partial charge on any atom is 0.254 e. The van der Waals surface area contributed by atoms with Crippen LogP contribution in [0.5, 0.6) is 0 Å². The molecule has 144 valence electrons. The van der Waals surface area contributed by atoms with Gasteiger partial charge in [0, 0.05) is 43.5 Å². The first-order valence-electron chi connectivity index (χ1n) is 9.01. The van der Waals surface area contributed by atoms with Crippen molar-refractivity contribution in [2.45, 2.75) is 45.6 Å². The molecule has 1 aromatic rings. The van der Waals surface area contributed by atoms with E-state index in [4.69, 9.17) is 0 Å². The summed E-state index contributed by atoms with van der Waals surface area (Å²) in [7, 11) is 1.95. The Morgan fingerprint density at radius 2 is 1.92 bits per heavy atom. The monoisotopic (exact) mass is 389 g/mol. The van der Waals surface area contributed by atoms with Gasteiger partial charge in [0.05, 0.1) is 0 Å². The summed E-state index contributed by atoms with van der Waals surface area (Å²) in [6.45, 7) is 8.24. The fourth-order valence-corrected chi connectivity index (χ4v) is 3.35. The first-order valence-corrected chi connectivity index (χ1v) is 9.01. The Morgan fingerprint density at radius 3 is 2.48 bits per heavy atom. The lowest BCUT2D eigenvalue weighted by Crippen LogP contribution is -2.40. The van der Waals surface area contributed by atoms with Gasteiger partial charge in [0.2, 0.25) is 0 Å². The summed E-state index contributed by atoms with van der Waals surface area (Å²) in [6.07, 6.45) is 4.62. The van der Waals surface area contributed by atoms with E-state index >= 15 is 0 Å². The lowest BCUT2D eigenvalue weighted by molar-refractivity contribution is 0.0737. The molecule has 0 aliphatic carbocycles. The molecule has 1 aliphatic rings. The number of likely N-dealkylation sites (tertiary alicyclic amines) is 1. The second-order valence-electron chi connectivity index (χ2n) is 6.33. The number of amides is 1. The van der Waals surface area contributed by atoms with Crippen LogP contribution in [0.1, 0.15) is 49.9 Å². The molecule has 1 heterocycles. The van der Waals surface area contributed by atoms with Crippen LogP contribution < -0.4 is 10.2 Å². The highest BCUT2D eigenvalue weighted by molar-refractivity contribution is 5.95. The number of halogens is 2. The predicted molar refractivity (Wildman–Crippen MR) is 112 cm³/mol. The molecule has 1 aliphatic heterocycles. The topological polar surface area (TPSA) is 35.6 Å². The molecule has 2 rings (SSSR count). The zero-order valence-corrected chi connectivity index (χ0v) is 17.3. The number of anilines is 1. The first-order chi connectivity index (χ1) is 11.2. The zero-order valence-electron chi connectivity index (χ0n) is 15.7. The molecule has 1 saturated heterocycles. The standard InChI is InChI=1S/C19H31N3O.2ClH/c1-4-6-13-21(5-2)17-11-9-16(10-12-17)19(23)22-14-7-8-18(22)15-20-3;;/h9-12,18,20H,4-8,13-15H2,1-3H3;2*1H. The number of rotatable bonds is 8. The van der Waals surface area contributed by atoms with E-state index in [1.165, 1.54) is 18.5 Å². The predicted octanol–water partition coefficient (Wildman–Crippen LogP) is 3.98. The highest BCUT2D eigenvalue weighted by Gasteiger charge is 2.28. The average Bonchev–Trinajstić information content (AvgIpc) is 3.04. The minimum Gasteiger partial charge on any atom is -0.372 e. The summed E-state index contributed by atoms with van der Waals surface area (Å²) < 4.78 is 0. The Hall–Kier alpha value is -0.970. The maximum atomic E-state index is 12.7. The summed E-state index contributed by atoms with van der Waals surface area (Å²) in [4.78, 5) is 17.1. The molecule has 1 amide bonds. The van der Waals surface area contributed by atoms with Gasteiger partial charge in [-0.05, 0) is 57.5 Å². The van der Waals surface area contributed by atoms with Crippen molar-refractivity contribution in [3.8, 4) is 0 Å². The SMILES string of the molecule is CCCCN(CC)c1ccc(C(=O)N2CCCC2CNC)cc1.Cl.Cl. The van der Waals surface area contributed by atoms with Crippen LogP contribution in [-0.4, -0.2) is 50.1 Å².